The van der Waals surface area contributed by atoms with Gasteiger partial charge in [-0.1, -0.05) is 60.2 Å². The van der Waals surface area contributed by atoms with Gasteiger partial charge in [0.1, 0.15) is 0 Å². The van der Waals surface area contributed by atoms with Gasteiger partial charge < -0.3 is 10.0 Å². The van der Waals surface area contributed by atoms with Crippen LogP contribution in [0.1, 0.15) is 35.3 Å². The minimum Gasteiger partial charge on any atom is -0.388 e. The summed E-state index contributed by atoms with van der Waals surface area (Å²) in [4.78, 5) is 14.7. The van der Waals surface area contributed by atoms with E-state index in [-0.39, 0.29) is 18.4 Å². The molecule has 0 saturated carbocycles. The SMILES string of the molecule is Cc1ccc(C2CSCCN2C(=O)CC(O)c2ccccc2)cc1. The van der Waals surface area contributed by atoms with Crippen molar-refractivity contribution in [2.45, 2.75) is 25.5 Å². The Morgan fingerprint density at radius 2 is 1.92 bits per heavy atom. The minimum atomic E-state index is -0.744. The van der Waals surface area contributed by atoms with Gasteiger partial charge in [0, 0.05) is 18.1 Å². The Kier molecular flexibility index (Phi) is 5.59. The summed E-state index contributed by atoms with van der Waals surface area (Å²) >= 11 is 1.88. The highest BCUT2D eigenvalue weighted by atomic mass is 32.2. The van der Waals surface area contributed by atoms with Crippen molar-refractivity contribution in [1.82, 2.24) is 4.90 Å². The number of benzene rings is 2. The van der Waals surface area contributed by atoms with Gasteiger partial charge in [0.2, 0.25) is 5.91 Å². The molecule has 4 heteroatoms. The second-order valence-electron chi connectivity index (χ2n) is 6.22. The second kappa shape index (κ2) is 7.86. The van der Waals surface area contributed by atoms with E-state index in [1.54, 1.807) is 0 Å². The zero-order valence-corrected chi connectivity index (χ0v) is 14.7. The quantitative estimate of drug-likeness (QED) is 0.921. The molecule has 0 radical (unpaired) electrons. The van der Waals surface area contributed by atoms with Crippen molar-refractivity contribution >= 4 is 17.7 Å². The number of nitrogens with zero attached hydrogens (tertiary/aromatic N) is 1. The molecule has 126 valence electrons. The third kappa shape index (κ3) is 4.00. The van der Waals surface area contributed by atoms with Crippen LogP contribution in [-0.2, 0) is 4.79 Å². The lowest BCUT2D eigenvalue weighted by molar-refractivity contribution is -0.135. The first-order valence-corrected chi connectivity index (χ1v) is 9.47. The van der Waals surface area contributed by atoms with Gasteiger partial charge in [-0.3, -0.25) is 4.79 Å². The van der Waals surface area contributed by atoms with Crippen LogP contribution >= 0.6 is 11.8 Å². The lowest BCUT2D eigenvalue weighted by atomic mass is 10.0. The van der Waals surface area contributed by atoms with Crippen LogP contribution < -0.4 is 0 Å². The van der Waals surface area contributed by atoms with Crippen LogP contribution in [0.2, 0.25) is 0 Å². The number of carbonyl (C=O) groups excluding carboxylic acids is 1. The lowest BCUT2D eigenvalue weighted by Gasteiger charge is -2.36. The fourth-order valence-electron chi connectivity index (χ4n) is 3.04. The van der Waals surface area contributed by atoms with Crippen molar-refractivity contribution in [2.24, 2.45) is 0 Å². The summed E-state index contributed by atoms with van der Waals surface area (Å²) in [5, 5.41) is 10.4. The Morgan fingerprint density at radius 3 is 2.62 bits per heavy atom. The highest BCUT2D eigenvalue weighted by Crippen LogP contribution is 2.31. The molecule has 1 amide bonds. The molecule has 1 fully saturated rings. The third-order valence-corrected chi connectivity index (χ3v) is 5.49. The van der Waals surface area contributed by atoms with E-state index >= 15 is 0 Å². The Bertz CT molecular complexity index is 672. The molecule has 2 atom stereocenters. The number of aryl methyl sites for hydroxylation is 1. The summed E-state index contributed by atoms with van der Waals surface area (Å²) in [6, 6.07) is 17.9. The summed E-state index contributed by atoms with van der Waals surface area (Å²) in [5.41, 5.74) is 3.19. The third-order valence-electron chi connectivity index (χ3n) is 4.46. The van der Waals surface area contributed by atoms with Gasteiger partial charge in [0.05, 0.1) is 18.6 Å². The van der Waals surface area contributed by atoms with Gasteiger partial charge in [0.15, 0.2) is 0 Å². The van der Waals surface area contributed by atoms with E-state index in [4.69, 9.17) is 0 Å². The summed E-state index contributed by atoms with van der Waals surface area (Å²) in [6.45, 7) is 2.81. The molecule has 2 aromatic carbocycles. The predicted octanol–water partition coefficient (Wildman–Crippen LogP) is 3.74. The molecule has 1 heterocycles. The number of hydrogen-bond acceptors (Lipinski definition) is 3. The number of thioether (sulfide) groups is 1. The van der Waals surface area contributed by atoms with Crippen LogP contribution in [0, 0.1) is 6.92 Å². The second-order valence-corrected chi connectivity index (χ2v) is 7.37. The maximum absolute atomic E-state index is 12.8. The molecular weight excluding hydrogens is 318 g/mol. The average molecular weight is 341 g/mol. The van der Waals surface area contributed by atoms with E-state index < -0.39 is 6.10 Å². The maximum atomic E-state index is 12.8. The highest BCUT2D eigenvalue weighted by Gasteiger charge is 2.29. The van der Waals surface area contributed by atoms with Crippen LogP contribution in [0.3, 0.4) is 0 Å². The van der Waals surface area contributed by atoms with E-state index in [9.17, 15) is 9.90 Å². The average Bonchev–Trinajstić information content (AvgIpc) is 2.63. The first-order valence-electron chi connectivity index (χ1n) is 8.32. The number of carbonyl (C=O) groups is 1. The van der Waals surface area contributed by atoms with Gasteiger partial charge in [-0.15, -0.1) is 0 Å². The van der Waals surface area contributed by atoms with E-state index in [0.29, 0.717) is 0 Å². The molecule has 3 rings (SSSR count). The highest BCUT2D eigenvalue weighted by molar-refractivity contribution is 7.99. The van der Waals surface area contributed by atoms with E-state index in [0.717, 1.165) is 23.6 Å². The first kappa shape index (κ1) is 17.1. The summed E-state index contributed by atoms with van der Waals surface area (Å²) in [7, 11) is 0. The molecule has 2 unspecified atom stereocenters. The van der Waals surface area contributed by atoms with Crippen molar-refractivity contribution in [3.8, 4) is 0 Å². The summed E-state index contributed by atoms with van der Waals surface area (Å²) in [6.07, 6.45) is -0.608. The molecule has 1 saturated heterocycles. The van der Waals surface area contributed by atoms with Gasteiger partial charge in [0.25, 0.3) is 0 Å². The summed E-state index contributed by atoms with van der Waals surface area (Å²) in [5.74, 6) is 1.89. The van der Waals surface area contributed by atoms with Crippen molar-refractivity contribution < 1.29 is 9.90 Å². The minimum absolute atomic E-state index is 0.0252. The predicted molar refractivity (Wildman–Crippen MR) is 99.0 cm³/mol. The number of aliphatic hydroxyl groups excluding tert-OH is 1. The Morgan fingerprint density at radius 1 is 1.21 bits per heavy atom. The molecule has 24 heavy (non-hydrogen) atoms. The molecular formula is C20H23NO2S. The number of rotatable bonds is 4. The molecule has 2 aromatic rings. The van der Waals surface area contributed by atoms with Gasteiger partial charge in [-0.05, 0) is 18.1 Å². The van der Waals surface area contributed by atoms with Crippen LogP contribution in [-0.4, -0.2) is 34.0 Å². The van der Waals surface area contributed by atoms with E-state index in [1.807, 2.05) is 47.0 Å². The Hall–Kier alpha value is -1.78. The fourth-order valence-corrected chi connectivity index (χ4v) is 4.13. The summed E-state index contributed by atoms with van der Waals surface area (Å²) < 4.78 is 0. The molecule has 0 aromatic heterocycles. The van der Waals surface area contributed by atoms with Crippen LogP contribution in [0.15, 0.2) is 54.6 Å². The standard InChI is InChI=1S/C20H23NO2S/c1-15-7-9-16(10-8-15)18-14-24-12-11-21(18)20(23)13-19(22)17-5-3-2-4-6-17/h2-10,18-19,22H,11-14H2,1H3. The molecule has 0 aliphatic carbocycles. The van der Waals surface area contributed by atoms with Crippen molar-refractivity contribution in [1.29, 1.82) is 0 Å². The smallest absolute Gasteiger partial charge is 0.226 e. The largest absolute Gasteiger partial charge is 0.388 e. The zero-order valence-electron chi connectivity index (χ0n) is 13.9. The molecule has 3 nitrogen and oxygen atoms in total. The molecule has 0 spiro atoms. The number of amides is 1. The van der Waals surface area contributed by atoms with E-state index in [2.05, 4.69) is 31.2 Å². The molecule has 1 aliphatic rings. The number of hydrogen-bond donors (Lipinski definition) is 1. The first-order chi connectivity index (χ1) is 11.6. The maximum Gasteiger partial charge on any atom is 0.226 e. The normalized spacial score (nSPS) is 19.1. The van der Waals surface area contributed by atoms with Crippen LogP contribution in [0.4, 0.5) is 0 Å². The monoisotopic (exact) mass is 341 g/mol. The Labute approximate surface area is 147 Å². The van der Waals surface area contributed by atoms with Crippen molar-refractivity contribution in [2.75, 3.05) is 18.1 Å². The fraction of sp³-hybridized carbons (Fsp3) is 0.350. The molecule has 1 aliphatic heterocycles. The molecule has 0 bridgehead atoms. The van der Waals surface area contributed by atoms with Crippen LogP contribution in [0.25, 0.3) is 0 Å². The van der Waals surface area contributed by atoms with Gasteiger partial charge in [-0.25, -0.2) is 0 Å². The van der Waals surface area contributed by atoms with Crippen molar-refractivity contribution in [3.05, 3.63) is 71.3 Å². The van der Waals surface area contributed by atoms with Gasteiger partial charge >= 0.3 is 0 Å². The van der Waals surface area contributed by atoms with Crippen molar-refractivity contribution in [3.63, 3.8) is 0 Å². The van der Waals surface area contributed by atoms with Crippen LogP contribution in [0.5, 0.6) is 0 Å². The Balaban J connectivity index is 1.72. The van der Waals surface area contributed by atoms with Gasteiger partial charge in [-0.2, -0.15) is 11.8 Å². The number of aliphatic hydroxyl groups is 1. The van der Waals surface area contributed by atoms with E-state index in [1.165, 1.54) is 11.1 Å². The molecule has 1 N–H and O–H groups in total. The lowest BCUT2D eigenvalue weighted by Crippen LogP contribution is -2.41. The zero-order chi connectivity index (χ0) is 16.9. The topological polar surface area (TPSA) is 40.5 Å².